The number of aliphatic hydroxyl groups is 1. The van der Waals surface area contributed by atoms with Gasteiger partial charge in [0.2, 0.25) is 0 Å². The summed E-state index contributed by atoms with van der Waals surface area (Å²) >= 11 is 0. The lowest BCUT2D eigenvalue weighted by Crippen LogP contribution is -2.31. The fraction of sp³-hybridized carbons (Fsp3) is 0.500. The van der Waals surface area contributed by atoms with Crippen LogP contribution in [0.2, 0.25) is 0 Å². The van der Waals surface area contributed by atoms with Crippen LogP contribution in [-0.2, 0) is 0 Å². The standard InChI is InChI=1S/C14H19N3O/c1-9(10-5-6-10)15-8-14(18)11-3-2-4-13-12(11)7-16-17-13/h2-4,7,9-10,14-15,18H,5-6,8H2,1H3,(H,16,17)/t9-,14-/m0/s1. The van der Waals surface area contributed by atoms with Gasteiger partial charge in [0.15, 0.2) is 0 Å². The first-order chi connectivity index (χ1) is 8.75. The molecule has 0 aliphatic heterocycles. The molecule has 0 amide bonds. The van der Waals surface area contributed by atoms with Gasteiger partial charge in [-0.05, 0) is 37.3 Å². The van der Waals surface area contributed by atoms with Gasteiger partial charge in [-0.15, -0.1) is 0 Å². The molecule has 0 unspecified atom stereocenters. The molecular weight excluding hydrogens is 226 g/mol. The van der Waals surface area contributed by atoms with Crippen molar-refractivity contribution in [2.24, 2.45) is 5.92 Å². The maximum Gasteiger partial charge on any atom is 0.0921 e. The maximum absolute atomic E-state index is 10.3. The van der Waals surface area contributed by atoms with Crippen LogP contribution in [0.25, 0.3) is 10.9 Å². The minimum atomic E-state index is -0.479. The number of aromatic nitrogens is 2. The molecule has 1 aliphatic rings. The lowest BCUT2D eigenvalue weighted by molar-refractivity contribution is 0.170. The Balaban J connectivity index is 1.70. The molecule has 0 saturated heterocycles. The molecule has 1 heterocycles. The fourth-order valence-electron chi connectivity index (χ4n) is 2.45. The van der Waals surface area contributed by atoms with Crippen molar-refractivity contribution in [2.75, 3.05) is 6.54 Å². The van der Waals surface area contributed by atoms with Gasteiger partial charge >= 0.3 is 0 Å². The molecule has 1 aromatic carbocycles. The summed E-state index contributed by atoms with van der Waals surface area (Å²) < 4.78 is 0. The molecule has 0 radical (unpaired) electrons. The van der Waals surface area contributed by atoms with E-state index in [-0.39, 0.29) is 0 Å². The van der Waals surface area contributed by atoms with E-state index in [2.05, 4.69) is 22.4 Å². The number of hydrogen-bond donors (Lipinski definition) is 3. The van der Waals surface area contributed by atoms with Crippen molar-refractivity contribution in [3.05, 3.63) is 30.0 Å². The van der Waals surface area contributed by atoms with Crippen molar-refractivity contribution in [3.63, 3.8) is 0 Å². The number of aliphatic hydroxyl groups excluding tert-OH is 1. The number of fused-ring (bicyclic) bond motifs is 1. The van der Waals surface area contributed by atoms with Gasteiger partial charge in [-0.1, -0.05) is 12.1 Å². The first-order valence-electron chi connectivity index (χ1n) is 6.59. The molecule has 4 heteroatoms. The second kappa shape index (κ2) is 4.71. The van der Waals surface area contributed by atoms with Gasteiger partial charge in [-0.2, -0.15) is 5.10 Å². The third-order valence-corrected chi connectivity index (χ3v) is 3.84. The number of rotatable bonds is 5. The Labute approximate surface area is 106 Å². The summed E-state index contributed by atoms with van der Waals surface area (Å²) in [5.74, 6) is 0.807. The van der Waals surface area contributed by atoms with Crippen LogP contribution in [0.1, 0.15) is 31.4 Å². The van der Waals surface area contributed by atoms with Crippen LogP contribution in [0.4, 0.5) is 0 Å². The summed E-state index contributed by atoms with van der Waals surface area (Å²) in [4.78, 5) is 0. The van der Waals surface area contributed by atoms with Crippen LogP contribution in [0.5, 0.6) is 0 Å². The van der Waals surface area contributed by atoms with Crippen LogP contribution in [0, 0.1) is 5.92 Å². The van der Waals surface area contributed by atoms with Crippen LogP contribution >= 0.6 is 0 Å². The molecule has 2 aromatic rings. The van der Waals surface area contributed by atoms with E-state index in [0.717, 1.165) is 22.4 Å². The molecule has 3 N–H and O–H groups in total. The topological polar surface area (TPSA) is 60.9 Å². The fourth-order valence-corrected chi connectivity index (χ4v) is 2.45. The molecule has 2 atom stereocenters. The zero-order valence-corrected chi connectivity index (χ0v) is 10.6. The molecule has 18 heavy (non-hydrogen) atoms. The molecule has 1 fully saturated rings. The SMILES string of the molecule is C[C@H](NC[C@H](O)c1cccc2[nH]ncc12)C1CC1. The minimum Gasteiger partial charge on any atom is -0.387 e. The first kappa shape index (κ1) is 11.7. The Kier molecular flexibility index (Phi) is 3.06. The Hall–Kier alpha value is -1.39. The van der Waals surface area contributed by atoms with Crippen molar-refractivity contribution in [1.82, 2.24) is 15.5 Å². The van der Waals surface area contributed by atoms with Crippen LogP contribution in [0.3, 0.4) is 0 Å². The van der Waals surface area contributed by atoms with Gasteiger partial charge in [0.05, 0.1) is 17.8 Å². The Bertz CT molecular complexity index is 533. The number of aromatic amines is 1. The van der Waals surface area contributed by atoms with E-state index in [1.807, 2.05) is 18.2 Å². The normalized spacial score (nSPS) is 19.0. The highest BCUT2D eigenvalue weighted by Gasteiger charge is 2.28. The van der Waals surface area contributed by atoms with Gasteiger partial charge in [0, 0.05) is 18.0 Å². The molecule has 1 aliphatic carbocycles. The molecule has 1 saturated carbocycles. The molecular formula is C14H19N3O. The molecule has 0 spiro atoms. The average Bonchev–Trinajstić information content (AvgIpc) is 3.12. The van der Waals surface area contributed by atoms with E-state index in [9.17, 15) is 5.11 Å². The van der Waals surface area contributed by atoms with Crippen LogP contribution in [0.15, 0.2) is 24.4 Å². The average molecular weight is 245 g/mol. The summed E-state index contributed by atoms with van der Waals surface area (Å²) in [6.45, 7) is 2.80. The zero-order valence-electron chi connectivity index (χ0n) is 10.6. The second-order valence-electron chi connectivity index (χ2n) is 5.23. The van der Waals surface area contributed by atoms with Gasteiger partial charge in [-0.25, -0.2) is 0 Å². The molecule has 0 bridgehead atoms. The quantitative estimate of drug-likeness (QED) is 0.755. The van der Waals surface area contributed by atoms with Crippen molar-refractivity contribution in [1.29, 1.82) is 0 Å². The summed E-state index contributed by atoms with van der Waals surface area (Å²) in [5, 5.41) is 21.7. The van der Waals surface area contributed by atoms with Gasteiger partial charge < -0.3 is 10.4 Å². The number of benzene rings is 1. The lowest BCUT2D eigenvalue weighted by atomic mass is 10.0. The van der Waals surface area contributed by atoms with Crippen LogP contribution in [-0.4, -0.2) is 27.9 Å². The van der Waals surface area contributed by atoms with Gasteiger partial charge in [-0.3, -0.25) is 5.10 Å². The summed E-state index contributed by atoms with van der Waals surface area (Å²) in [6, 6.07) is 6.39. The van der Waals surface area contributed by atoms with E-state index in [0.29, 0.717) is 12.6 Å². The minimum absolute atomic E-state index is 0.479. The summed E-state index contributed by atoms with van der Waals surface area (Å²) in [7, 11) is 0. The van der Waals surface area contributed by atoms with Crippen molar-refractivity contribution >= 4 is 10.9 Å². The van der Waals surface area contributed by atoms with E-state index in [1.54, 1.807) is 6.20 Å². The van der Waals surface area contributed by atoms with Crippen LogP contribution < -0.4 is 5.32 Å². The summed E-state index contributed by atoms with van der Waals surface area (Å²) in [5.41, 5.74) is 1.92. The van der Waals surface area contributed by atoms with E-state index in [1.165, 1.54) is 12.8 Å². The predicted octanol–water partition coefficient (Wildman–Crippen LogP) is 1.98. The van der Waals surface area contributed by atoms with Gasteiger partial charge in [0.1, 0.15) is 0 Å². The third kappa shape index (κ3) is 2.26. The van der Waals surface area contributed by atoms with Crippen molar-refractivity contribution < 1.29 is 5.11 Å². The number of nitrogens with one attached hydrogen (secondary N) is 2. The molecule has 3 rings (SSSR count). The van der Waals surface area contributed by atoms with Crippen molar-refractivity contribution in [2.45, 2.75) is 31.9 Å². The maximum atomic E-state index is 10.3. The first-order valence-corrected chi connectivity index (χ1v) is 6.59. The van der Waals surface area contributed by atoms with E-state index < -0.39 is 6.10 Å². The zero-order chi connectivity index (χ0) is 12.5. The number of H-pyrrole nitrogens is 1. The monoisotopic (exact) mass is 245 g/mol. The highest BCUT2D eigenvalue weighted by molar-refractivity contribution is 5.81. The van der Waals surface area contributed by atoms with Gasteiger partial charge in [0.25, 0.3) is 0 Å². The van der Waals surface area contributed by atoms with E-state index in [4.69, 9.17) is 0 Å². The third-order valence-electron chi connectivity index (χ3n) is 3.84. The smallest absolute Gasteiger partial charge is 0.0921 e. The number of hydrogen-bond acceptors (Lipinski definition) is 3. The second-order valence-corrected chi connectivity index (χ2v) is 5.23. The molecule has 4 nitrogen and oxygen atoms in total. The highest BCUT2D eigenvalue weighted by Crippen LogP contribution is 2.32. The lowest BCUT2D eigenvalue weighted by Gasteiger charge is -2.17. The largest absolute Gasteiger partial charge is 0.387 e. The molecule has 1 aromatic heterocycles. The Morgan fingerprint density at radius 1 is 1.50 bits per heavy atom. The van der Waals surface area contributed by atoms with Crippen molar-refractivity contribution in [3.8, 4) is 0 Å². The Morgan fingerprint density at radius 3 is 3.11 bits per heavy atom. The summed E-state index contributed by atoms with van der Waals surface area (Å²) in [6.07, 6.45) is 3.94. The predicted molar refractivity (Wildman–Crippen MR) is 71.2 cm³/mol. The highest BCUT2D eigenvalue weighted by atomic mass is 16.3. The Morgan fingerprint density at radius 2 is 2.33 bits per heavy atom. The molecule has 96 valence electrons. The number of nitrogens with zero attached hydrogens (tertiary/aromatic N) is 1. The van der Waals surface area contributed by atoms with E-state index >= 15 is 0 Å².